The molecule has 1 aromatic heterocycles. The molecule has 1 aromatic rings. The molecule has 2 aliphatic rings. The van der Waals surface area contributed by atoms with Gasteiger partial charge >= 0.3 is 12.1 Å². The summed E-state index contributed by atoms with van der Waals surface area (Å²) in [6.07, 6.45) is 3.69. The SMILES string of the molecule is CCOC(=O)[C@@H]1Cc2nc(Br)sc2/C=C/[C@@H]2[C@H](CCN2C(=O)OC(C)(C)C)C(=O)N(C)[C@@H](C(C)C)C(=O)N1. The Morgan fingerprint density at radius 1 is 1.29 bits per heavy atom. The second-order valence-electron chi connectivity index (χ2n) is 10.9. The zero-order chi connectivity index (χ0) is 28.4. The van der Waals surface area contributed by atoms with E-state index in [1.54, 1.807) is 39.6 Å². The molecule has 38 heavy (non-hydrogen) atoms. The molecule has 10 nitrogen and oxygen atoms in total. The Hall–Kier alpha value is -2.47. The fourth-order valence-corrected chi connectivity index (χ4v) is 6.33. The average Bonchev–Trinajstić information content (AvgIpc) is 3.37. The van der Waals surface area contributed by atoms with E-state index in [1.807, 2.05) is 26.0 Å². The third-order valence-electron chi connectivity index (χ3n) is 6.49. The van der Waals surface area contributed by atoms with Crippen molar-refractivity contribution >= 4 is 57.2 Å². The van der Waals surface area contributed by atoms with Crippen LogP contribution in [0.1, 0.15) is 58.5 Å². The summed E-state index contributed by atoms with van der Waals surface area (Å²) in [6.45, 7) is 11.3. The second-order valence-corrected chi connectivity index (χ2v) is 13.2. The highest BCUT2D eigenvalue weighted by molar-refractivity contribution is 9.11. The van der Waals surface area contributed by atoms with E-state index in [2.05, 4.69) is 26.2 Å². The van der Waals surface area contributed by atoms with Gasteiger partial charge in [-0.15, -0.1) is 11.3 Å². The van der Waals surface area contributed by atoms with Crippen LogP contribution in [-0.2, 0) is 30.3 Å². The predicted molar refractivity (Wildman–Crippen MR) is 147 cm³/mol. The smallest absolute Gasteiger partial charge is 0.410 e. The summed E-state index contributed by atoms with van der Waals surface area (Å²) in [5.74, 6) is -2.08. The zero-order valence-electron chi connectivity index (χ0n) is 22.9. The maximum atomic E-state index is 13.8. The lowest BCUT2D eigenvalue weighted by molar-refractivity contribution is -0.149. The Kier molecular flexibility index (Phi) is 9.62. The van der Waals surface area contributed by atoms with Gasteiger partial charge < -0.3 is 24.6 Å². The van der Waals surface area contributed by atoms with Crippen LogP contribution in [0.3, 0.4) is 0 Å². The number of carbonyl (C=O) groups excluding carboxylic acids is 4. The van der Waals surface area contributed by atoms with Gasteiger partial charge in [-0.05, 0) is 62.0 Å². The number of likely N-dealkylation sites (N-methyl/N-ethyl adjacent to an activating group) is 1. The number of amides is 3. The van der Waals surface area contributed by atoms with E-state index < -0.39 is 47.6 Å². The first kappa shape index (κ1) is 30.1. The van der Waals surface area contributed by atoms with Gasteiger partial charge in [0.1, 0.15) is 17.7 Å². The van der Waals surface area contributed by atoms with Crippen LogP contribution in [0, 0.1) is 11.8 Å². The van der Waals surface area contributed by atoms with Crippen molar-refractivity contribution in [3.8, 4) is 0 Å². The summed E-state index contributed by atoms with van der Waals surface area (Å²) in [7, 11) is 1.60. The number of thiazole rings is 1. The first-order valence-corrected chi connectivity index (χ1v) is 14.4. The topological polar surface area (TPSA) is 118 Å². The maximum absolute atomic E-state index is 13.8. The number of ether oxygens (including phenoxy) is 2. The van der Waals surface area contributed by atoms with E-state index in [9.17, 15) is 19.2 Å². The second kappa shape index (κ2) is 12.1. The van der Waals surface area contributed by atoms with Crippen molar-refractivity contribution in [2.75, 3.05) is 20.2 Å². The number of rotatable bonds is 3. The Balaban J connectivity index is 2.10. The highest BCUT2D eigenvalue weighted by atomic mass is 79.9. The molecule has 3 amide bonds. The number of hydrogen-bond acceptors (Lipinski definition) is 8. The van der Waals surface area contributed by atoms with Crippen molar-refractivity contribution in [2.45, 2.75) is 78.1 Å². The van der Waals surface area contributed by atoms with E-state index in [-0.39, 0.29) is 24.9 Å². The Morgan fingerprint density at radius 2 is 1.97 bits per heavy atom. The fraction of sp³-hybridized carbons (Fsp3) is 0.654. The number of nitrogens with one attached hydrogen (secondary N) is 1. The van der Waals surface area contributed by atoms with E-state index >= 15 is 0 Å². The average molecular weight is 614 g/mol. The molecule has 0 bridgehead atoms. The van der Waals surface area contributed by atoms with Crippen LogP contribution < -0.4 is 5.32 Å². The summed E-state index contributed by atoms with van der Waals surface area (Å²) in [4.78, 5) is 61.6. The van der Waals surface area contributed by atoms with Crippen molar-refractivity contribution in [1.82, 2.24) is 20.1 Å². The molecule has 0 unspecified atom stereocenters. The quantitative estimate of drug-likeness (QED) is 0.518. The van der Waals surface area contributed by atoms with Gasteiger partial charge in [-0.1, -0.05) is 19.9 Å². The maximum Gasteiger partial charge on any atom is 0.410 e. The Labute approximate surface area is 236 Å². The standard InChI is InChI=1S/C26H37BrN4O6S/c1-8-36-23(34)17-13-16-19(38-24(27)29-16)10-9-18-15(11-12-31(18)25(35)37-26(4,5)6)22(33)30(7)20(14(2)3)21(32)28-17/h9-10,14-15,17-18,20H,8,11-13H2,1-7H3,(H,28,32)/b10-9+/t15-,17-,18+,20-/m0/s1. The van der Waals surface area contributed by atoms with Crippen molar-refractivity contribution in [3.63, 3.8) is 0 Å². The van der Waals surface area contributed by atoms with Gasteiger partial charge in [-0.25, -0.2) is 14.6 Å². The third kappa shape index (κ3) is 6.93. The molecule has 3 rings (SSSR count). The van der Waals surface area contributed by atoms with Crippen molar-refractivity contribution < 1.29 is 28.7 Å². The fourth-order valence-electron chi connectivity index (χ4n) is 4.86. The van der Waals surface area contributed by atoms with Crippen LogP contribution in [0.15, 0.2) is 9.99 Å². The number of carbonyl (C=O) groups is 4. The van der Waals surface area contributed by atoms with Gasteiger partial charge in [0.2, 0.25) is 11.8 Å². The molecule has 1 fully saturated rings. The minimum Gasteiger partial charge on any atom is -0.464 e. The van der Waals surface area contributed by atoms with E-state index in [1.165, 1.54) is 16.2 Å². The van der Waals surface area contributed by atoms with Gasteiger partial charge in [0, 0.05) is 20.0 Å². The normalized spacial score (nSPS) is 25.5. The molecule has 0 radical (unpaired) electrons. The van der Waals surface area contributed by atoms with Crippen molar-refractivity contribution in [1.29, 1.82) is 0 Å². The lowest BCUT2D eigenvalue weighted by atomic mass is 9.95. The molecule has 1 N–H and O–H groups in total. The highest BCUT2D eigenvalue weighted by Crippen LogP contribution is 2.33. The van der Waals surface area contributed by atoms with Gasteiger partial charge in [-0.2, -0.15) is 0 Å². The molecule has 0 spiro atoms. The number of halogens is 1. The lowest BCUT2D eigenvalue weighted by Crippen LogP contribution is -2.56. The molecular formula is C26H37BrN4O6S. The zero-order valence-corrected chi connectivity index (χ0v) is 25.3. The van der Waals surface area contributed by atoms with Gasteiger partial charge in [0.05, 0.1) is 29.1 Å². The van der Waals surface area contributed by atoms with Crippen LogP contribution >= 0.6 is 27.3 Å². The molecule has 2 aliphatic heterocycles. The number of fused-ring (bicyclic) bond motifs is 2. The lowest BCUT2D eigenvalue weighted by Gasteiger charge is -2.34. The molecule has 12 heteroatoms. The summed E-state index contributed by atoms with van der Waals surface area (Å²) >= 11 is 4.78. The minimum atomic E-state index is -0.980. The van der Waals surface area contributed by atoms with E-state index in [0.29, 0.717) is 22.6 Å². The van der Waals surface area contributed by atoms with E-state index in [4.69, 9.17) is 9.47 Å². The molecular weight excluding hydrogens is 576 g/mol. The highest BCUT2D eigenvalue weighted by Gasteiger charge is 2.45. The molecule has 0 aromatic carbocycles. The Bertz CT molecular complexity index is 1100. The van der Waals surface area contributed by atoms with Gasteiger partial charge in [0.15, 0.2) is 3.92 Å². The van der Waals surface area contributed by atoms with Gasteiger partial charge in [-0.3, -0.25) is 9.59 Å². The van der Waals surface area contributed by atoms with Crippen LogP contribution in [0.4, 0.5) is 4.79 Å². The molecule has 4 atom stereocenters. The van der Waals surface area contributed by atoms with Crippen LogP contribution in [0.5, 0.6) is 0 Å². The van der Waals surface area contributed by atoms with E-state index in [0.717, 1.165) is 4.88 Å². The van der Waals surface area contributed by atoms with Crippen LogP contribution in [0.25, 0.3) is 6.08 Å². The summed E-state index contributed by atoms with van der Waals surface area (Å²) < 4.78 is 11.5. The largest absolute Gasteiger partial charge is 0.464 e. The monoisotopic (exact) mass is 612 g/mol. The summed E-state index contributed by atoms with van der Waals surface area (Å²) in [5.41, 5.74) is -0.100. The molecule has 1 saturated heterocycles. The minimum absolute atomic E-state index is 0.110. The molecule has 210 valence electrons. The van der Waals surface area contributed by atoms with Gasteiger partial charge in [0.25, 0.3) is 0 Å². The predicted octanol–water partition coefficient (Wildman–Crippen LogP) is 3.63. The summed E-state index contributed by atoms with van der Waals surface area (Å²) in [5, 5.41) is 2.82. The van der Waals surface area contributed by atoms with Crippen LogP contribution in [-0.4, -0.2) is 82.6 Å². The van der Waals surface area contributed by atoms with Crippen molar-refractivity contribution in [3.05, 3.63) is 20.6 Å². The first-order chi connectivity index (χ1) is 17.7. The molecule has 0 saturated carbocycles. The number of aromatic nitrogens is 1. The third-order valence-corrected chi connectivity index (χ3v) is 8.01. The van der Waals surface area contributed by atoms with Crippen LogP contribution in [0.2, 0.25) is 0 Å². The number of likely N-dealkylation sites (tertiary alicyclic amines) is 1. The number of hydrogen-bond donors (Lipinski definition) is 1. The first-order valence-electron chi connectivity index (χ1n) is 12.8. The molecule has 0 aliphatic carbocycles. The number of esters is 1. The Morgan fingerprint density at radius 3 is 2.58 bits per heavy atom. The molecule has 3 heterocycles. The number of nitrogens with zero attached hydrogens (tertiary/aromatic N) is 3. The summed E-state index contributed by atoms with van der Waals surface area (Å²) in [6, 6.07) is -2.39. The van der Waals surface area contributed by atoms with Crippen molar-refractivity contribution in [2.24, 2.45) is 11.8 Å².